The molecule has 29 nitrogen and oxygen atoms in total. The summed E-state index contributed by atoms with van der Waals surface area (Å²) in [6.45, 7) is 15.2. The number of hydrogen-bond donors (Lipinski definition) is 5. The van der Waals surface area contributed by atoms with E-state index in [0.29, 0.717) is 97.5 Å². The van der Waals surface area contributed by atoms with E-state index in [1.54, 1.807) is 83.0 Å². The Labute approximate surface area is 801 Å². The van der Waals surface area contributed by atoms with E-state index < -0.39 is 33.6 Å². The van der Waals surface area contributed by atoms with Gasteiger partial charge < -0.3 is 52.8 Å². The molecular weight excluding hydrogens is 1790 g/mol. The van der Waals surface area contributed by atoms with Crippen molar-refractivity contribution in [1.29, 1.82) is 0 Å². The Balaban J connectivity index is 0.000000123. The summed E-state index contributed by atoms with van der Waals surface area (Å²) in [7, 11) is 5.01. The van der Waals surface area contributed by atoms with Crippen LogP contribution in [-0.2, 0) is 66.9 Å². The zero-order valence-electron chi connectivity index (χ0n) is 76.1. The molecule has 10 aliphatic rings. The number of nitrogens with zero attached hydrogens (tertiary/aromatic N) is 15. The fraction of sp³-hybridized carbons (Fsp3) is 0.380. The van der Waals surface area contributed by atoms with Crippen molar-refractivity contribution in [1.82, 2.24) is 39.4 Å². The molecule has 1 aliphatic carbocycles. The molecule has 134 heavy (non-hydrogen) atoms. The van der Waals surface area contributed by atoms with Crippen LogP contribution in [0.15, 0.2) is 230 Å². The van der Waals surface area contributed by atoms with Gasteiger partial charge in [0.2, 0.25) is 29.5 Å². The third-order valence-electron chi connectivity index (χ3n) is 27.2. The van der Waals surface area contributed by atoms with Crippen molar-refractivity contribution in [2.75, 3.05) is 96.6 Å². The first-order chi connectivity index (χ1) is 64.4. The standard InChI is InChI=1S/C27H26N4O3.C20H21ClN4O2S.C19H23N3O2S.C18H19ClN4OS.C16H23N5O/c28-26-29-27(22-10-3-1-4-11-22,23-12-5-2-6-13-23)25(33)31(26)19-20-8-7-9-21(18-20)24(32)30-14-16-34-17-15-30;1-20(17-14(21)9-11-28-17)16(18(27)24(2)19(22)23-20)12-5-7-13(8-6-12)25-10-3-4-15(25)26;1-19(15-2-3-16-14(10-15)6-9-25-16)11-17(23)22(18(20)21-19)12-13-4-7-24-8-5-13;1-18(15(10-3-4-10)16(24)23(2)17(20)22-18)13-7-12(9-25-13)11-5-6-21-14(19)8-11;1-16(9-14(22)20(2)15(17)19-16)12-5-4-8-21(11-12)13-6-3-7-18-10-13/h1-13,18H,14-17,19H2,(H2,28,29);5-9,11,16H,3-4,10H2,1-2H3,(H2,22,23);2-3,6,9-10,13H,4-5,7-8,11-12H2,1H3,(H2,20,21);5-10,15H,3-4H2,1-2H3,(H2,20,22);3,6-7,10,12H,4-5,8-9,11H2,1-2H3,(H2,17,19)/t;16?,20-;19-;15-,18-;12?,16-/m.0010/s1. The van der Waals surface area contributed by atoms with Crippen LogP contribution in [0.1, 0.15) is 146 Å². The molecule has 10 aromatic rings. The SMILES string of the molecule is CN1C(=O)C(c2ccc(N3CCCC3=O)cc2)[C@@](C)(c2sccc2Cl)N=C1N.CN1C(=O)C[C@@](C)(C2CCCN(c3cccnc3)C2)N=C1N.CN1C(=O)[C@@H](C2CC2)[C@@](C)(c2cc(-c3ccnc(Cl)c3)cs2)N=C1N.C[C@@]1(c2ccc3sccc3c2)CC(=O)N(CC2CCOCC2)C(N)=N1.NC1=NC(c2ccccc2)(c2ccccc2)C(=O)N1Cc1cccc(C(=O)N2CCOCC2)c1. The molecule has 698 valence electrons. The Morgan fingerprint density at radius 3 is 1.87 bits per heavy atom. The molecule has 1 saturated carbocycles. The summed E-state index contributed by atoms with van der Waals surface area (Å²) in [5, 5.41) is 8.27. The van der Waals surface area contributed by atoms with Crippen LogP contribution >= 0.6 is 57.2 Å². The van der Waals surface area contributed by atoms with Crippen LogP contribution in [0.3, 0.4) is 0 Å². The molecule has 14 heterocycles. The van der Waals surface area contributed by atoms with Crippen LogP contribution in [0.2, 0.25) is 10.2 Å². The van der Waals surface area contributed by atoms with Gasteiger partial charge in [-0.1, -0.05) is 114 Å². The van der Waals surface area contributed by atoms with Crippen LogP contribution in [0, 0.1) is 23.7 Å². The van der Waals surface area contributed by atoms with Gasteiger partial charge in [0.1, 0.15) is 16.2 Å². The Morgan fingerprint density at radius 2 is 1.22 bits per heavy atom. The average molecular weight is 1910 g/mol. The first-order valence-corrected chi connectivity index (χ1v) is 48.6. The van der Waals surface area contributed by atoms with Crippen molar-refractivity contribution < 1.29 is 43.0 Å². The molecular formula is C100H112Cl2N20O9S3. The van der Waals surface area contributed by atoms with Gasteiger partial charge >= 0.3 is 0 Å². The average Bonchev–Trinajstić information content (AvgIpc) is 1.47. The number of benzene rings is 5. The Kier molecular flexibility index (Phi) is 28.4. The van der Waals surface area contributed by atoms with Crippen LogP contribution in [0.25, 0.3) is 21.2 Å². The van der Waals surface area contributed by atoms with E-state index in [1.165, 1.54) is 41.0 Å². The number of carbonyl (C=O) groups is 7. The minimum Gasteiger partial charge on any atom is -0.381 e. The molecule has 7 atom stereocenters. The maximum Gasteiger partial charge on any atom is 0.266 e. The number of piperidine rings is 1. The number of aliphatic imine (C=N–C) groups is 5. The lowest BCUT2D eigenvalue weighted by Gasteiger charge is -2.44. The first kappa shape index (κ1) is 94.9. The fourth-order valence-corrected chi connectivity index (χ4v) is 22.7. The normalized spacial score (nSPS) is 24.3. The number of rotatable bonds is 16. The molecule has 0 spiro atoms. The molecule has 5 fully saturated rings. The second-order valence-electron chi connectivity index (χ2n) is 36.2. The van der Waals surface area contributed by atoms with Crippen molar-refractivity contribution >= 4 is 150 Å². The van der Waals surface area contributed by atoms with Crippen molar-refractivity contribution in [3.63, 3.8) is 0 Å². The van der Waals surface area contributed by atoms with E-state index in [-0.39, 0.29) is 71.7 Å². The van der Waals surface area contributed by atoms with Gasteiger partial charge in [-0.25, -0.2) is 29.9 Å². The zero-order chi connectivity index (χ0) is 94.5. The quantitative estimate of drug-likeness (QED) is 0.0561. The molecule has 5 aromatic carbocycles. The lowest BCUT2D eigenvalue weighted by Crippen LogP contribution is -2.54. The van der Waals surface area contributed by atoms with Crippen molar-refractivity contribution in [3.05, 3.63) is 258 Å². The van der Waals surface area contributed by atoms with Crippen LogP contribution in [-0.4, -0.2) is 203 Å². The van der Waals surface area contributed by atoms with Gasteiger partial charge in [0.05, 0.1) is 77.3 Å². The first-order valence-electron chi connectivity index (χ1n) is 45.2. The molecule has 4 saturated heterocycles. The minimum absolute atomic E-state index is 0.0394. The van der Waals surface area contributed by atoms with Crippen LogP contribution in [0.4, 0.5) is 11.4 Å². The highest BCUT2D eigenvalue weighted by molar-refractivity contribution is 7.17. The lowest BCUT2D eigenvalue weighted by molar-refractivity contribution is -0.135. The molecule has 7 amide bonds. The predicted molar refractivity (Wildman–Crippen MR) is 529 cm³/mol. The molecule has 20 rings (SSSR count). The third-order valence-corrected chi connectivity index (χ3v) is 31.0. The van der Waals surface area contributed by atoms with Crippen molar-refractivity contribution in [2.45, 2.75) is 132 Å². The largest absolute Gasteiger partial charge is 0.381 e. The zero-order valence-corrected chi connectivity index (χ0v) is 80.1. The second kappa shape index (κ2) is 40.1. The number of halogens is 2. The fourth-order valence-electron chi connectivity index (χ4n) is 19.3. The monoisotopic (exact) mass is 1900 g/mol. The highest BCUT2D eigenvalue weighted by Crippen LogP contribution is 2.53. The Hall–Kier alpha value is -12.3. The van der Waals surface area contributed by atoms with E-state index in [9.17, 15) is 33.6 Å². The maximum atomic E-state index is 14.0. The maximum absolute atomic E-state index is 14.0. The molecule has 9 aliphatic heterocycles. The van der Waals surface area contributed by atoms with Gasteiger partial charge in [0.15, 0.2) is 35.3 Å². The van der Waals surface area contributed by atoms with Gasteiger partial charge in [0.25, 0.3) is 11.8 Å². The van der Waals surface area contributed by atoms with Crippen LogP contribution in [0.5, 0.6) is 0 Å². The topological polar surface area (TPSA) is 382 Å². The number of amides is 7. The molecule has 5 aromatic heterocycles. The van der Waals surface area contributed by atoms with Crippen LogP contribution < -0.4 is 38.5 Å². The summed E-state index contributed by atoms with van der Waals surface area (Å²) in [5.41, 5.74) is 35.6. The Bertz CT molecular complexity index is 6140. The van der Waals surface area contributed by atoms with Gasteiger partial charge in [-0.2, -0.15) is 0 Å². The third kappa shape index (κ3) is 19.8. The van der Waals surface area contributed by atoms with Crippen molar-refractivity contribution in [3.8, 4) is 11.1 Å². The van der Waals surface area contributed by atoms with Gasteiger partial charge in [-0.15, -0.1) is 34.0 Å². The van der Waals surface area contributed by atoms with Gasteiger partial charge in [-0.05, 0) is 224 Å². The van der Waals surface area contributed by atoms with E-state index in [4.69, 9.17) is 76.3 Å². The lowest BCUT2D eigenvalue weighted by atomic mass is 9.77. The van der Waals surface area contributed by atoms with E-state index in [1.807, 2.05) is 154 Å². The number of likely N-dealkylation sites (N-methyl/N-ethyl adjacent to an activating group) is 1. The number of ether oxygens (including phenoxy) is 2. The number of nitrogens with two attached hydrogens (primary N) is 5. The molecule has 0 bridgehead atoms. The number of pyridine rings is 2. The predicted octanol–water partition coefficient (Wildman–Crippen LogP) is 13.9. The van der Waals surface area contributed by atoms with Gasteiger partial charge in [0, 0.05) is 119 Å². The summed E-state index contributed by atoms with van der Waals surface area (Å²) in [6, 6.07) is 54.0. The summed E-state index contributed by atoms with van der Waals surface area (Å²) < 4.78 is 12.0. The number of thiophene rings is 3. The smallest absolute Gasteiger partial charge is 0.266 e. The second-order valence-corrected chi connectivity index (χ2v) is 39.8. The van der Waals surface area contributed by atoms with E-state index >= 15 is 0 Å². The van der Waals surface area contributed by atoms with E-state index in [2.05, 4.69) is 78.9 Å². The number of fused-ring (bicyclic) bond motifs is 1. The number of carbonyl (C=O) groups excluding carboxylic acids is 7. The summed E-state index contributed by atoms with van der Waals surface area (Å²) in [6.07, 6.45) is 13.9. The molecule has 34 heteroatoms. The summed E-state index contributed by atoms with van der Waals surface area (Å²) >= 11 is 17.2. The Morgan fingerprint density at radius 1 is 0.545 bits per heavy atom. The highest BCUT2D eigenvalue weighted by atomic mass is 35.5. The highest BCUT2D eigenvalue weighted by Gasteiger charge is 2.55. The number of anilines is 2. The number of morpholine rings is 1. The van der Waals surface area contributed by atoms with E-state index in [0.717, 1.165) is 138 Å². The number of guanidine groups is 5. The van der Waals surface area contributed by atoms with Gasteiger partial charge in [-0.3, -0.25) is 63.0 Å². The van der Waals surface area contributed by atoms with Crippen molar-refractivity contribution in [2.24, 2.45) is 77.3 Å². The number of hydrogen-bond acceptors (Lipinski definition) is 25. The molecule has 0 radical (unpaired) electrons. The molecule has 2 unspecified atom stereocenters. The number of aromatic nitrogens is 2. The minimum atomic E-state index is -1.24. The molecule has 10 N–H and O–H groups in total. The summed E-state index contributed by atoms with van der Waals surface area (Å²) in [5.74, 6) is 1.64. The summed E-state index contributed by atoms with van der Waals surface area (Å²) in [4.78, 5) is 137.